The van der Waals surface area contributed by atoms with Crippen molar-refractivity contribution in [3.05, 3.63) is 53.1 Å². The second-order valence-corrected chi connectivity index (χ2v) is 8.44. The molecular weight excluding hydrogens is 438 g/mol. The van der Waals surface area contributed by atoms with E-state index in [2.05, 4.69) is 10.3 Å². The molecule has 2 aromatic rings. The van der Waals surface area contributed by atoms with Crippen molar-refractivity contribution in [3.63, 3.8) is 0 Å². The van der Waals surface area contributed by atoms with Crippen LogP contribution in [0.1, 0.15) is 25.8 Å². The minimum Gasteiger partial charge on any atom is -0.424 e. The van der Waals surface area contributed by atoms with Gasteiger partial charge in [-0.1, -0.05) is 41.6 Å². The fourth-order valence-electron chi connectivity index (χ4n) is 2.96. The summed E-state index contributed by atoms with van der Waals surface area (Å²) in [5, 5.41) is 3.25. The molecule has 1 N–H and O–H groups in total. The molecular formula is C22H22ClN3O4S. The van der Waals surface area contributed by atoms with Gasteiger partial charge < -0.3 is 10.1 Å². The molecule has 31 heavy (non-hydrogen) atoms. The number of amides is 2. The molecule has 1 unspecified atom stereocenters. The van der Waals surface area contributed by atoms with Crippen LogP contribution in [0.3, 0.4) is 0 Å². The lowest BCUT2D eigenvalue weighted by Crippen LogP contribution is -2.33. The van der Waals surface area contributed by atoms with E-state index in [1.165, 1.54) is 18.7 Å². The lowest BCUT2D eigenvalue weighted by Gasteiger charge is -2.14. The summed E-state index contributed by atoms with van der Waals surface area (Å²) < 4.78 is 5.11. The summed E-state index contributed by atoms with van der Waals surface area (Å²) in [6.45, 7) is 5.49. The number of thioether (sulfide) groups is 1. The molecule has 1 saturated heterocycles. The second-order valence-electron chi connectivity index (χ2n) is 6.86. The maximum absolute atomic E-state index is 12.8. The fourth-order valence-corrected chi connectivity index (χ4v) is 4.36. The van der Waals surface area contributed by atoms with E-state index >= 15 is 0 Å². The third-order valence-corrected chi connectivity index (χ3v) is 6.08. The molecule has 0 bridgehead atoms. The van der Waals surface area contributed by atoms with E-state index in [9.17, 15) is 14.4 Å². The Morgan fingerprint density at radius 1 is 1.26 bits per heavy atom. The number of carbonyl (C=O) groups is 3. The number of rotatable bonds is 6. The zero-order chi connectivity index (χ0) is 22.5. The predicted molar refractivity (Wildman–Crippen MR) is 123 cm³/mol. The maximum Gasteiger partial charge on any atom is 0.308 e. The van der Waals surface area contributed by atoms with Gasteiger partial charge in [0.05, 0.1) is 11.4 Å². The standard InChI is InChI=1S/C22H22ClN3O4S/c1-4-26-21(29)19(31-22(26)24-15-10-9-13(2)16(23)11-15)12-20(28)25-17-7-5-6-8-18(17)30-14(3)27/h5-11,19H,4,12H2,1-3H3,(H,25,28). The van der Waals surface area contributed by atoms with E-state index in [0.29, 0.717) is 28.1 Å². The van der Waals surface area contributed by atoms with Crippen LogP contribution in [-0.2, 0) is 14.4 Å². The van der Waals surface area contributed by atoms with E-state index in [1.807, 2.05) is 26.0 Å². The number of esters is 1. The van der Waals surface area contributed by atoms with Crippen molar-refractivity contribution in [1.82, 2.24) is 4.90 Å². The van der Waals surface area contributed by atoms with Crippen LogP contribution in [0, 0.1) is 6.92 Å². The largest absolute Gasteiger partial charge is 0.424 e. The number of halogens is 1. The molecule has 3 rings (SSSR count). The Labute approximate surface area is 189 Å². The van der Waals surface area contributed by atoms with Crippen LogP contribution >= 0.6 is 23.4 Å². The molecule has 1 aliphatic rings. The molecule has 0 aromatic heterocycles. The van der Waals surface area contributed by atoms with E-state index in [4.69, 9.17) is 16.3 Å². The average Bonchev–Trinajstić information content (AvgIpc) is 3.00. The number of ether oxygens (including phenoxy) is 1. The van der Waals surface area contributed by atoms with Crippen molar-refractivity contribution in [2.24, 2.45) is 4.99 Å². The summed E-state index contributed by atoms with van der Waals surface area (Å²) in [5.74, 6) is -0.768. The highest BCUT2D eigenvalue weighted by Gasteiger charge is 2.38. The van der Waals surface area contributed by atoms with Crippen LogP contribution in [0.2, 0.25) is 5.02 Å². The van der Waals surface area contributed by atoms with Gasteiger partial charge in [-0.25, -0.2) is 4.99 Å². The molecule has 7 nitrogen and oxygen atoms in total. The molecule has 1 atom stereocenters. The first-order valence-corrected chi connectivity index (χ1v) is 10.9. The average molecular weight is 460 g/mol. The number of nitrogens with zero attached hydrogens (tertiary/aromatic N) is 2. The highest BCUT2D eigenvalue weighted by Crippen LogP contribution is 2.33. The number of amidine groups is 1. The van der Waals surface area contributed by atoms with Crippen LogP contribution in [0.25, 0.3) is 0 Å². The van der Waals surface area contributed by atoms with Crippen molar-refractivity contribution in [2.75, 3.05) is 11.9 Å². The Hall–Kier alpha value is -2.84. The number of benzene rings is 2. The minimum atomic E-state index is -0.597. The first kappa shape index (κ1) is 22.8. The maximum atomic E-state index is 12.8. The number of carbonyl (C=O) groups excluding carboxylic acids is 3. The summed E-state index contributed by atoms with van der Waals surface area (Å²) in [6, 6.07) is 12.1. The van der Waals surface area contributed by atoms with Crippen LogP contribution in [0.15, 0.2) is 47.5 Å². The number of aryl methyl sites for hydroxylation is 1. The molecule has 1 aliphatic heterocycles. The normalized spacial score (nSPS) is 17.2. The molecule has 9 heteroatoms. The molecule has 162 valence electrons. The molecule has 2 aromatic carbocycles. The lowest BCUT2D eigenvalue weighted by molar-refractivity contribution is -0.132. The first-order chi connectivity index (χ1) is 14.8. The summed E-state index contributed by atoms with van der Waals surface area (Å²) in [7, 11) is 0. The first-order valence-electron chi connectivity index (χ1n) is 9.68. The van der Waals surface area contributed by atoms with Gasteiger partial charge in [0.2, 0.25) is 11.8 Å². The number of para-hydroxylation sites is 2. The van der Waals surface area contributed by atoms with Gasteiger partial charge in [-0.3, -0.25) is 19.3 Å². The fraction of sp³-hybridized carbons (Fsp3) is 0.273. The Balaban J connectivity index is 1.73. The number of aliphatic imine (C=N–C) groups is 1. The highest BCUT2D eigenvalue weighted by atomic mass is 35.5. The molecule has 1 heterocycles. The third kappa shape index (κ3) is 5.65. The van der Waals surface area contributed by atoms with E-state index in [-0.39, 0.29) is 24.0 Å². The van der Waals surface area contributed by atoms with Crippen molar-refractivity contribution in [1.29, 1.82) is 0 Å². The summed E-state index contributed by atoms with van der Waals surface area (Å²) in [6.07, 6.45) is -0.0396. The summed E-state index contributed by atoms with van der Waals surface area (Å²) in [5.41, 5.74) is 1.95. The Kier molecular flexibility index (Phi) is 7.35. The van der Waals surface area contributed by atoms with Gasteiger partial charge >= 0.3 is 5.97 Å². The predicted octanol–water partition coefficient (Wildman–Crippen LogP) is 4.55. The van der Waals surface area contributed by atoms with Crippen molar-refractivity contribution in [2.45, 2.75) is 32.4 Å². The molecule has 0 spiro atoms. The smallest absolute Gasteiger partial charge is 0.308 e. The van der Waals surface area contributed by atoms with Crippen LogP contribution < -0.4 is 10.1 Å². The van der Waals surface area contributed by atoms with Gasteiger partial charge in [-0.15, -0.1) is 0 Å². The second kappa shape index (κ2) is 9.98. The Morgan fingerprint density at radius 3 is 2.68 bits per heavy atom. The van der Waals surface area contributed by atoms with Crippen LogP contribution in [0.4, 0.5) is 11.4 Å². The zero-order valence-corrected chi connectivity index (χ0v) is 18.9. The number of hydrogen-bond acceptors (Lipinski definition) is 6. The third-order valence-electron chi connectivity index (χ3n) is 4.50. The SMILES string of the molecule is CCN1C(=O)C(CC(=O)Nc2ccccc2OC(C)=O)SC1=Nc1ccc(C)c(Cl)c1. The monoisotopic (exact) mass is 459 g/mol. The van der Waals surface area contributed by atoms with Crippen molar-refractivity contribution in [3.8, 4) is 5.75 Å². The number of anilines is 1. The highest BCUT2D eigenvalue weighted by molar-refractivity contribution is 8.15. The van der Waals surface area contributed by atoms with Crippen LogP contribution in [0.5, 0.6) is 5.75 Å². The van der Waals surface area contributed by atoms with Gasteiger partial charge in [-0.2, -0.15) is 0 Å². The van der Waals surface area contributed by atoms with Gasteiger partial charge in [-0.05, 0) is 43.7 Å². The van der Waals surface area contributed by atoms with E-state index < -0.39 is 11.2 Å². The number of hydrogen-bond donors (Lipinski definition) is 1. The quantitative estimate of drug-likeness (QED) is 0.505. The van der Waals surface area contributed by atoms with Crippen molar-refractivity contribution < 1.29 is 19.1 Å². The molecule has 0 saturated carbocycles. The molecule has 2 amide bonds. The minimum absolute atomic E-state index is 0.0396. The van der Waals surface area contributed by atoms with Gasteiger partial charge in [0.25, 0.3) is 0 Å². The van der Waals surface area contributed by atoms with Gasteiger partial charge in [0.15, 0.2) is 10.9 Å². The molecule has 1 fully saturated rings. The van der Waals surface area contributed by atoms with Crippen molar-refractivity contribution >= 4 is 57.7 Å². The zero-order valence-electron chi connectivity index (χ0n) is 17.3. The molecule has 0 radical (unpaired) electrons. The topological polar surface area (TPSA) is 88.1 Å². The Bertz CT molecular complexity index is 1060. The summed E-state index contributed by atoms with van der Waals surface area (Å²) >= 11 is 7.42. The Morgan fingerprint density at radius 2 is 2.00 bits per heavy atom. The summed E-state index contributed by atoms with van der Waals surface area (Å²) in [4.78, 5) is 42.8. The van der Waals surface area contributed by atoms with E-state index in [1.54, 1.807) is 35.2 Å². The van der Waals surface area contributed by atoms with Crippen LogP contribution in [-0.4, -0.2) is 39.6 Å². The van der Waals surface area contributed by atoms with E-state index in [0.717, 1.165) is 5.56 Å². The van der Waals surface area contributed by atoms with Gasteiger partial charge in [0.1, 0.15) is 5.25 Å². The lowest BCUT2D eigenvalue weighted by atomic mass is 10.2. The number of nitrogens with one attached hydrogen (secondary N) is 1. The van der Waals surface area contributed by atoms with Gasteiger partial charge in [0, 0.05) is 24.9 Å². The molecule has 0 aliphatic carbocycles.